The third-order valence-electron chi connectivity index (χ3n) is 7.86. The molecule has 1 saturated heterocycles. The van der Waals surface area contributed by atoms with Crippen LogP contribution in [-0.2, 0) is 11.2 Å². The number of unbranched alkanes of at least 4 members (excludes halogenated alkanes) is 3. The molecule has 0 radical (unpaired) electrons. The van der Waals surface area contributed by atoms with Crippen LogP contribution >= 0.6 is 0 Å². The van der Waals surface area contributed by atoms with Crippen LogP contribution in [0.1, 0.15) is 56.1 Å². The Labute approximate surface area is 200 Å². The molecule has 1 aromatic rings. The molecule has 4 nitrogen and oxygen atoms in total. The summed E-state index contributed by atoms with van der Waals surface area (Å²) in [7, 11) is 0. The number of morpholine rings is 1. The minimum atomic E-state index is -0.496. The molecule has 1 saturated carbocycles. The molecule has 2 fully saturated rings. The molecule has 0 aromatic heterocycles. The molecule has 1 aromatic carbocycles. The van der Waals surface area contributed by atoms with Gasteiger partial charge in [0.25, 0.3) is 0 Å². The van der Waals surface area contributed by atoms with Crippen LogP contribution in [0.5, 0.6) is 0 Å². The van der Waals surface area contributed by atoms with E-state index >= 15 is 0 Å². The number of fused-ring (bicyclic) bond motifs is 1. The monoisotopic (exact) mass is 453 g/mol. The van der Waals surface area contributed by atoms with Gasteiger partial charge in [-0.05, 0) is 63.0 Å². The molecule has 2 N–H and O–H groups in total. The molecule has 0 bridgehead atoms. The number of aliphatic hydroxyl groups excluding tert-OH is 2. The molecule has 182 valence electrons. The topological polar surface area (TPSA) is 52.9 Å². The normalized spacial score (nSPS) is 28.9. The van der Waals surface area contributed by atoms with Crippen LogP contribution in [0, 0.1) is 24.7 Å². The van der Waals surface area contributed by atoms with Crippen molar-refractivity contribution in [2.75, 3.05) is 32.8 Å². The van der Waals surface area contributed by atoms with Crippen molar-refractivity contribution in [1.82, 2.24) is 4.90 Å². The quantitative estimate of drug-likeness (QED) is 0.377. The summed E-state index contributed by atoms with van der Waals surface area (Å²) in [5.74, 6) is 1.20. The third kappa shape index (κ3) is 7.26. The van der Waals surface area contributed by atoms with Crippen molar-refractivity contribution >= 4 is 0 Å². The molecular formula is C29H43NO3. The number of benzene rings is 1. The first-order valence-electron chi connectivity index (χ1n) is 13.2. The van der Waals surface area contributed by atoms with Gasteiger partial charge in [-0.25, -0.2) is 0 Å². The molecule has 33 heavy (non-hydrogen) atoms. The number of hydrogen-bond donors (Lipinski definition) is 2. The van der Waals surface area contributed by atoms with Crippen molar-refractivity contribution in [3.8, 4) is 0 Å². The van der Waals surface area contributed by atoms with Crippen LogP contribution in [0.15, 0.2) is 48.1 Å². The summed E-state index contributed by atoms with van der Waals surface area (Å²) in [6, 6.07) is 8.33. The largest absolute Gasteiger partial charge is 0.392 e. The van der Waals surface area contributed by atoms with Gasteiger partial charge in [-0.3, -0.25) is 4.90 Å². The van der Waals surface area contributed by atoms with Crippen molar-refractivity contribution in [2.24, 2.45) is 17.8 Å². The van der Waals surface area contributed by atoms with Crippen molar-refractivity contribution in [3.05, 3.63) is 59.2 Å². The highest BCUT2D eigenvalue weighted by molar-refractivity contribution is 5.24. The Balaban J connectivity index is 1.16. The number of rotatable bonds is 11. The number of hydrogen-bond acceptors (Lipinski definition) is 4. The molecule has 0 spiro atoms. The summed E-state index contributed by atoms with van der Waals surface area (Å²) in [5.41, 5.74) is 3.98. The first kappa shape index (κ1) is 24.7. The summed E-state index contributed by atoms with van der Waals surface area (Å²) in [6.45, 7) is 7.29. The van der Waals surface area contributed by atoms with Gasteiger partial charge in [0, 0.05) is 25.4 Å². The maximum atomic E-state index is 10.6. The van der Waals surface area contributed by atoms with Gasteiger partial charge in [-0.1, -0.05) is 66.5 Å². The smallest absolute Gasteiger partial charge is 0.0761 e. The first-order chi connectivity index (χ1) is 16.1. The van der Waals surface area contributed by atoms with Crippen LogP contribution < -0.4 is 0 Å². The van der Waals surface area contributed by atoms with E-state index in [-0.39, 0.29) is 12.0 Å². The Morgan fingerprint density at radius 3 is 2.79 bits per heavy atom. The lowest BCUT2D eigenvalue weighted by molar-refractivity contribution is 0.0371. The molecule has 1 heterocycles. The highest BCUT2D eigenvalue weighted by atomic mass is 16.5. The fraction of sp³-hybridized carbons (Fsp3) is 0.655. The van der Waals surface area contributed by atoms with Crippen LogP contribution in [0.4, 0.5) is 0 Å². The standard InChI is InChI=1S/C29H43NO3/c1-22-7-6-9-23(17-22)19-26(31)10-11-27-28-20-24(18-25(28)21-29(27)32)8-4-2-3-5-12-30-13-15-33-16-14-30/h6-7,9-11,17-18,25-29,31-32H,2-5,8,12-16,19-21H2,1H3/t25-,26+,27+,28-,29+/m0/s1. The van der Waals surface area contributed by atoms with Crippen LogP contribution in [0.25, 0.3) is 0 Å². The zero-order chi connectivity index (χ0) is 23.0. The molecule has 0 unspecified atom stereocenters. The number of ether oxygens (including phenoxy) is 1. The summed E-state index contributed by atoms with van der Waals surface area (Å²) < 4.78 is 5.42. The van der Waals surface area contributed by atoms with E-state index in [9.17, 15) is 10.2 Å². The van der Waals surface area contributed by atoms with Crippen LogP contribution in [0.2, 0.25) is 0 Å². The molecule has 1 aliphatic heterocycles. The number of aryl methyl sites for hydroxylation is 1. The molecule has 5 atom stereocenters. The fourth-order valence-electron chi connectivity index (χ4n) is 6.06. The number of allylic oxidation sites excluding steroid dienone is 2. The second-order valence-electron chi connectivity index (χ2n) is 10.5. The van der Waals surface area contributed by atoms with E-state index in [0.29, 0.717) is 18.3 Å². The molecule has 2 aliphatic carbocycles. The number of aliphatic hydroxyl groups is 2. The van der Waals surface area contributed by atoms with E-state index in [0.717, 1.165) is 44.7 Å². The van der Waals surface area contributed by atoms with Gasteiger partial charge in [-0.2, -0.15) is 0 Å². The molecule has 3 aliphatic rings. The van der Waals surface area contributed by atoms with Gasteiger partial charge in [0.2, 0.25) is 0 Å². The lowest BCUT2D eigenvalue weighted by atomic mass is 9.88. The SMILES string of the molecule is Cc1cccc(C[C@H](O)C=C[C@@H]2[C@H]3CC(CCCCCCN4CCOCC4)=C[C@H]3C[C@H]2O)c1. The van der Waals surface area contributed by atoms with E-state index < -0.39 is 6.10 Å². The van der Waals surface area contributed by atoms with Crippen LogP contribution in [-0.4, -0.2) is 60.2 Å². The predicted octanol–water partition coefficient (Wildman–Crippen LogP) is 4.68. The minimum Gasteiger partial charge on any atom is -0.392 e. The average molecular weight is 454 g/mol. The highest BCUT2D eigenvalue weighted by Gasteiger charge is 2.43. The van der Waals surface area contributed by atoms with Gasteiger partial charge in [0.05, 0.1) is 25.4 Å². The molecular weight excluding hydrogens is 410 g/mol. The van der Waals surface area contributed by atoms with Gasteiger partial charge in [0.15, 0.2) is 0 Å². The van der Waals surface area contributed by atoms with E-state index in [1.165, 1.54) is 44.2 Å². The molecule has 0 amide bonds. The van der Waals surface area contributed by atoms with E-state index in [2.05, 4.69) is 42.2 Å². The maximum Gasteiger partial charge on any atom is 0.0761 e. The predicted molar refractivity (Wildman–Crippen MR) is 134 cm³/mol. The Bertz CT molecular complexity index is 798. The summed E-state index contributed by atoms with van der Waals surface area (Å²) in [5, 5.41) is 21.1. The maximum absolute atomic E-state index is 10.6. The Kier molecular flexibility index (Phi) is 9.19. The van der Waals surface area contributed by atoms with Crippen molar-refractivity contribution in [1.29, 1.82) is 0 Å². The van der Waals surface area contributed by atoms with E-state index in [1.54, 1.807) is 5.57 Å². The third-order valence-corrected chi connectivity index (χ3v) is 7.86. The second kappa shape index (κ2) is 12.3. The van der Waals surface area contributed by atoms with Gasteiger partial charge < -0.3 is 14.9 Å². The van der Waals surface area contributed by atoms with Crippen molar-refractivity contribution in [2.45, 2.75) is 70.5 Å². The lowest BCUT2D eigenvalue weighted by Gasteiger charge is -2.26. The Hall–Kier alpha value is -1.46. The van der Waals surface area contributed by atoms with Gasteiger partial charge >= 0.3 is 0 Å². The molecule has 4 heteroatoms. The Morgan fingerprint density at radius 1 is 1.15 bits per heavy atom. The number of nitrogens with zero attached hydrogens (tertiary/aromatic N) is 1. The van der Waals surface area contributed by atoms with Gasteiger partial charge in [-0.15, -0.1) is 0 Å². The highest BCUT2D eigenvalue weighted by Crippen LogP contribution is 2.48. The zero-order valence-corrected chi connectivity index (χ0v) is 20.4. The minimum absolute atomic E-state index is 0.171. The van der Waals surface area contributed by atoms with E-state index in [1.807, 2.05) is 12.1 Å². The summed E-state index contributed by atoms with van der Waals surface area (Å²) in [6.07, 6.45) is 14.8. The van der Waals surface area contributed by atoms with E-state index in [4.69, 9.17) is 4.74 Å². The van der Waals surface area contributed by atoms with Crippen LogP contribution in [0.3, 0.4) is 0 Å². The second-order valence-corrected chi connectivity index (χ2v) is 10.5. The Morgan fingerprint density at radius 2 is 1.97 bits per heavy atom. The summed E-state index contributed by atoms with van der Waals surface area (Å²) in [4.78, 5) is 2.53. The average Bonchev–Trinajstić information content (AvgIpc) is 3.31. The first-order valence-corrected chi connectivity index (χ1v) is 13.2. The van der Waals surface area contributed by atoms with Crippen molar-refractivity contribution in [3.63, 3.8) is 0 Å². The summed E-state index contributed by atoms with van der Waals surface area (Å²) >= 11 is 0. The fourth-order valence-corrected chi connectivity index (χ4v) is 6.06. The zero-order valence-electron chi connectivity index (χ0n) is 20.4. The lowest BCUT2D eigenvalue weighted by Crippen LogP contribution is -2.36. The molecule has 4 rings (SSSR count). The van der Waals surface area contributed by atoms with Gasteiger partial charge in [0.1, 0.15) is 0 Å². The van der Waals surface area contributed by atoms with Crippen molar-refractivity contribution < 1.29 is 14.9 Å².